The van der Waals surface area contributed by atoms with Gasteiger partial charge in [0.05, 0.1) is 12.1 Å². The summed E-state index contributed by atoms with van der Waals surface area (Å²) < 4.78 is 0. The number of amides is 2. The van der Waals surface area contributed by atoms with E-state index >= 15 is 0 Å². The van der Waals surface area contributed by atoms with E-state index in [0.717, 1.165) is 0 Å². The highest BCUT2D eigenvalue weighted by Gasteiger charge is 2.12. The van der Waals surface area contributed by atoms with Crippen LogP contribution in [0, 0.1) is 0 Å². The first-order chi connectivity index (χ1) is 8.52. The first-order valence-electron chi connectivity index (χ1n) is 5.78. The van der Waals surface area contributed by atoms with Gasteiger partial charge < -0.3 is 22.1 Å². The third-order valence-electron chi connectivity index (χ3n) is 2.06. The normalized spacial score (nSPS) is 13.8. The molecule has 0 bridgehead atoms. The van der Waals surface area contributed by atoms with E-state index in [2.05, 4.69) is 23.3 Å². The Morgan fingerprint density at radius 1 is 1.22 bits per heavy atom. The number of rotatable bonds is 9. The van der Waals surface area contributed by atoms with Crippen LogP contribution in [0.2, 0.25) is 0 Å². The molecule has 6 N–H and O–H groups in total. The number of carbonyl (C=O) groups is 2. The minimum Gasteiger partial charge on any atom is -0.355 e. The number of likely N-dealkylation sites (N-methyl/N-ethyl adjacent to an activating group) is 1. The molecule has 0 aliphatic heterocycles. The van der Waals surface area contributed by atoms with E-state index in [4.69, 9.17) is 11.5 Å². The van der Waals surface area contributed by atoms with E-state index in [1.165, 1.54) is 11.8 Å². The third-order valence-corrected chi connectivity index (χ3v) is 3.55. The number of thioether (sulfide) groups is 1. The molecule has 1 unspecified atom stereocenters. The number of nitrogens with one attached hydrogen (secondary N) is 2. The van der Waals surface area contributed by atoms with E-state index < -0.39 is 12.1 Å². The molecule has 106 valence electrons. The maximum atomic E-state index is 11.3. The maximum Gasteiger partial charge on any atom is 0.237 e. The molecule has 18 heavy (non-hydrogen) atoms. The molecule has 2 amide bonds. The zero-order valence-corrected chi connectivity index (χ0v) is 12.2. The standard InChI is InChI=1S/C10H22N4O2S2/c1-2-13-10(16)8(12)6-18-4-3-14-9(15)7(11)5-17/h7-8,17H,2-6,11-12H2,1H3,(H,13,16)(H,14,15)/t7?,8-/m0/s1. The predicted octanol–water partition coefficient (Wildman–Crippen LogP) is -1.44. The summed E-state index contributed by atoms with van der Waals surface area (Å²) in [6.45, 7) is 2.93. The fourth-order valence-corrected chi connectivity index (χ4v) is 2.04. The van der Waals surface area contributed by atoms with Gasteiger partial charge in [-0.15, -0.1) is 0 Å². The van der Waals surface area contributed by atoms with Crippen molar-refractivity contribution in [1.29, 1.82) is 0 Å². The van der Waals surface area contributed by atoms with Crippen LogP contribution in [-0.2, 0) is 9.59 Å². The van der Waals surface area contributed by atoms with Crippen molar-refractivity contribution in [1.82, 2.24) is 10.6 Å². The van der Waals surface area contributed by atoms with Crippen LogP contribution in [0.4, 0.5) is 0 Å². The number of thiol groups is 1. The van der Waals surface area contributed by atoms with Crippen molar-refractivity contribution in [2.75, 3.05) is 30.3 Å². The van der Waals surface area contributed by atoms with Crippen LogP contribution in [0.5, 0.6) is 0 Å². The number of carbonyl (C=O) groups excluding carboxylic acids is 2. The second-order valence-corrected chi connectivity index (χ2v) is 5.17. The molecule has 2 atom stereocenters. The largest absolute Gasteiger partial charge is 0.355 e. The molecule has 0 spiro atoms. The Hall–Kier alpha value is -0.440. The second kappa shape index (κ2) is 10.5. The van der Waals surface area contributed by atoms with Gasteiger partial charge in [-0.05, 0) is 6.92 Å². The van der Waals surface area contributed by atoms with Crippen LogP contribution in [0.3, 0.4) is 0 Å². The predicted molar refractivity (Wildman–Crippen MR) is 78.8 cm³/mol. The van der Waals surface area contributed by atoms with E-state index in [0.29, 0.717) is 30.3 Å². The van der Waals surface area contributed by atoms with E-state index in [9.17, 15) is 9.59 Å². The number of hydrogen-bond donors (Lipinski definition) is 5. The summed E-state index contributed by atoms with van der Waals surface area (Å²) in [6, 6.07) is -1.08. The Kier molecular flexibility index (Phi) is 10.2. The van der Waals surface area contributed by atoms with Gasteiger partial charge in [-0.1, -0.05) is 0 Å². The molecule has 0 aromatic rings. The summed E-state index contributed by atoms with van der Waals surface area (Å²) in [5, 5.41) is 5.34. The molecule has 0 fully saturated rings. The van der Waals surface area contributed by atoms with Gasteiger partial charge in [0, 0.05) is 30.3 Å². The van der Waals surface area contributed by atoms with Crippen LogP contribution in [0.1, 0.15) is 6.92 Å². The second-order valence-electron chi connectivity index (χ2n) is 3.66. The Morgan fingerprint density at radius 2 is 1.83 bits per heavy atom. The smallest absolute Gasteiger partial charge is 0.237 e. The lowest BCUT2D eigenvalue weighted by Gasteiger charge is -2.12. The zero-order valence-electron chi connectivity index (χ0n) is 10.5. The highest BCUT2D eigenvalue weighted by atomic mass is 32.2. The highest BCUT2D eigenvalue weighted by Crippen LogP contribution is 2.00. The van der Waals surface area contributed by atoms with Gasteiger partial charge in [-0.3, -0.25) is 9.59 Å². The summed E-state index contributed by atoms with van der Waals surface area (Å²) in [6.07, 6.45) is 0. The van der Waals surface area contributed by atoms with Gasteiger partial charge in [0.15, 0.2) is 0 Å². The average Bonchev–Trinajstić information content (AvgIpc) is 2.37. The fourth-order valence-electron chi connectivity index (χ4n) is 1.05. The summed E-state index contributed by atoms with van der Waals surface area (Å²) in [5.41, 5.74) is 11.1. The average molecular weight is 294 g/mol. The molecule has 0 aromatic carbocycles. The molecule has 0 saturated carbocycles. The molecule has 0 radical (unpaired) electrons. The number of hydrogen-bond acceptors (Lipinski definition) is 6. The van der Waals surface area contributed by atoms with Gasteiger partial charge in [-0.2, -0.15) is 24.4 Å². The van der Waals surface area contributed by atoms with Gasteiger partial charge in [0.25, 0.3) is 0 Å². The van der Waals surface area contributed by atoms with E-state index in [1.54, 1.807) is 0 Å². The molecule has 6 nitrogen and oxygen atoms in total. The van der Waals surface area contributed by atoms with E-state index in [-0.39, 0.29) is 11.8 Å². The van der Waals surface area contributed by atoms with Gasteiger partial charge >= 0.3 is 0 Å². The summed E-state index contributed by atoms with van der Waals surface area (Å²) in [7, 11) is 0. The molecule has 0 aromatic heterocycles. The Bertz CT molecular complexity index is 266. The van der Waals surface area contributed by atoms with Gasteiger partial charge in [0.1, 0.15) is 0 Å². The molecule has 0 aliphatic carbocycles. The van der Waals surface area contributed by atoms with Crippen LogP contribution in [0.15, 0.2) is 0 Å². The summed E-state index contributed by atoms with van der Waals surface area (Å²) >= 11 is 5.45. The molecule has 0 rings (SSSR count). The maximum absolute atomic E-state index is 11.3. The minimum absolute atomic E-state index is 0.147. The minimum atomic E-state index is -0.573. The molecular formula is C10H22N4O2S2. The van der Waals surface area contributed by atoms with Crippen LogP contribution in [-0.4, -0.2) is 54.2 Å². The molecular weight excluding hydrogens is 272 g/mol. The Morgan fingerprint density at radius 3 is 2.39 bits per heavy atom. The SMILES string of the molecule is CCNC(=O)[C@@H](N)CSCCNC(=O)C(N)CS. The topological polar surface area (TPSA) is 110 Å². The Balaban J connectivity index is 3.56. The van der Waals surface area contributed by atoms with Crippen molar-refractivity contribution >= 4 is 36.2 Å². The van der Waals surface area contributed by atoms with Gasteiger partial charge in [-0.25, -0.2) is 0 Å². The fraction of sp³-hybridized carbons (Fsp3) is 0.800. The highest BCUT2D eigenvalue weighted by molar-refractivity contribution is 7.99. The first-order valence-corrected chi connectivity index (χ1v) is 7.56. The van der Waals surface area contributed by atoms with Crippen molar-refractivity contribution in [3.05, 3.63) is 0 Å². The van der Waals surface area contributed by atoms with Gasteiger partial charge in [0.2, 0.25) is 11.8 Å². The molecule has 0 heterocycles. The summed E-state index contributed by atoms with van der Waals surface area (Å²) in [4.78, 5) is 22.6. The quantitative estimate of drug-likeness (QED) is 0.264. The lowest BCUT2D eigenvalue weighted by atomic mass is 10.3. The number of nitrogens with two attached hydrogens (primary N) is 2. The van der Waals surface area contributed by atoms with Crippen molar-refractivity contribution in [2.24, 2.45) is 11.5 Å². The van der Waals surface area contributed by atoms with Crippen molar-refractivity contribution in [2.45, 2.75) is 19.0 Å². The molecule has 0 saturated heterocycles. The summed E-state index contributed by atoms with van der Waals surface area (Å²) in [5.74, 6) is 1.18. The lowest BCUT2D eigenvalue weighted by Crippen LogP contribution is -2.43. The molecule has 0 aliphatic rings. The van der Waals surface area contributed by atoms with E-state index in [1.807, 2.05) is 6.92 Å². The molecule has 8 heteroatoms. The third kappa shape index (κ3) is 7.80. The zero-order chi connectivity index (χ0) is 14.0. The van der Waals surface area contributed by atoms with Crippen molar-refractivity contribution < 1.29 is 9.59 Å². The van der Waals surface area contributed by atoms with Crippen molar-refractivity contribution in [3.8, 4) is 0 Å². The monoisotopic (exact) mass is 294 g/mol. The first kappa shape index (κ1) is 17.6. The van der Waals surface area contributed by atoms with Crippen molar-refractivity contribution in [3.63, 3.8) is 0 Å². The lowest BCUT2D eigenvalue weighted by molar-refractivity contribution is -0.122. The Labute approximate surface area is 117 Å². The van der Waals surface area contributed by atoms with Crippen LogP contribution < -0.4 is 22.1 Å². The van der Waals surface area contributed by atoms with Crippen LogP contribution >= 0.6 is 24.4 Å². The van der Waals surface area contributed by atoms with Crippen LogP contribution in [0.25, 0.3) is 0 Å².